The molecule has 1 amide bonds. The first kappa shape index (κ1) is 21.2. The second-order valence-electron chi connectivity index (χ2n) is 7.31. The quantitative estimate of drug-likeness (QED) is 0.508. The molecule has 0 aliphatic heterocycles. The monoisotopic (exact) mass is 429 g/mol. The Hall–Kier alpha value is -4.07. The third kappa shape index (κ3) is 4.07. The fraction of sp³-hybridized carbons (Fsp3) is 0.208. The SMILES string of the molecule is CCc1ccc(NC(=O)Cn2c(=O)c3cnc(-c4ccccc4)nc3n(CC)c2=O)cc1. The summed E-state index contributed by atoms with van der Waals surface area (Å²) in [5, 5.41) is 2.92. The van der Waals surface area contributed by atoms with E-state index in [9.17, 15) is 14.4 Å². The van der Waals surface area contributed by atoms with E-state index in [-0.39, 0.29) is 11.0 Å². The van der Waals surface area contributed by atoms with Gasteiger partial charge in [-0.15, -0.1) is 0 Å². The third-order valence-electron chi connectivity index (χ3n) is 5.26. The average molecular weight is 429 g/mol. The Morgan fingerprint density at radius 1 is 0.969 bits per heavy atom. The van der Waals surface area contributed by atoms with E-state index in [4.69, 9.17) is 0 Å². The number of aryl methyl sites for hydroxylation is 2. The van der Waals surface area contributed by atoms with Gasteiger partial charge in [0.2, 0.25) is 5.91 Å². The largest absolute Gasteiger partial charge is 0.333 e. The Labute approximate surface area is 184 Å². The number of nitrogens with one attached hydrogen (secondary N) is 1. The molecule has 2 aromatic carbocycles. The van der Waals surface area contributed by atoms with Gasteiger partial charge < -0.3 is 5.32 Å². The molecule has 8 heteroatoms. The summed E-state index contributed by atoms with van der Waals surface area (Å²) in [5.41, 5.74) is 1.61. The van der Waals surface area contributed by atoms with Crippen molar-refractivity contribution < 1.29 is 4.79 Å². The number of fused-ring (bicyclic) bond motifs is 1. The number of carbonyl (C=O) groups excluding carboxylic acids is 1. The summed E-state index contributed by atoms with van der Waals surface area (Å²) in [4.78, 5) is 47.4. The van der Waals surface area contributed by atoms with Gasteiger partial charge in [-0.2, -0.15) is 0 Å². The topological polar surface area (TPSA) is 98.9 Å². The number of rotatable bonds is 6. The molecular formula is C24H23N5O3. The van der Waals surface area contributed by atoms with E-state index < -0.39 is 23.7 Å². The first-order chi connectivity index (χ1) is 15.5. The van der Waals surface area contributed by atoms with Gasteiger partial charge in [0.05, 0.1) is 0 Å². The highest BCUT2D eigenvalue weighted by Gasteiger charge is 2.17. The lowest BCUT2D eigenvalue weighted by Crippen LogP contribution is -2.42. The first-order valence-corrected chi connectivity index (χ1v) is 10.5. The number of nitrogens with zero attached hydrogens (tertiary/aromatic N) is 4. The van der Waals surface area contributed by atoms with Crippen molar-refractivity contribution in [2.45, 2.75) is 33.4 Å². The summed E-state index contributed by atoms with van der Waals surface area (Å²) < 4.78 is 2.31. The molecule has 0 aliphatic rings. The summed E-state index contributed by atoms with van der Waals surface area (Å²) in [5.74, 6) is -0.0394. The van der Waals surface area contributed by atoms with Crippen LogP contribution in [-0.2, 0) is 24.3 Å². The molecule has 4 rings (SSSR count). The van der Waals surface area contributed by atoms with Crippen molar-refractivity contribution in [2.75, 3.05) is 5.32 Å². The van der Waals surface area contributed by atoms with Gasteiger partial charge in [-0.25, -0.2) is 14.8 Å². The molecule has 0 aliphatic carbocycles. The minimum Gasteiger partial charge on any atom is -0.325 e. The summed E-state index contributed by atoms with van der Waals surface area (Å²) in [6.45, 7) is 3.73. The molecule has 0 bridgehead atoms. The molecule has 0 saturated heterocycles. The molecule has 2 heterocycles. The van der Waals surface area contributed by atoms with Gasteiger partial charge in [-0.3, -0.25) is 18.7 Å². The van der Waals surface area contributed by atoms with Crippen LogP contribution >= 0.6 is 0 Å². The average Bonchev–Trinajstić information content (AvgIpc) is 2.83. The molecule has 2 aromatic heterocycles. The van der Waals surface area contributed by atoms with Gasteiger partial charge in [0.15, 0.2) is 11.5 Å². The molecule has 1 N–H and O–H groups in total. The predicted octanol–water partition coefficient (Wildman–Crippen LogP) is 2.84. The molecule has 4 aromatic rings. The molecular weight excluding hydrogens is 406 g/mol. The standard InChI is InChI=1S/C24H23N5O3/c1-3-16-10-12-18(13-11-16)26-20(30)15-29-23(31)19-14-25-21(17-8-6-5-7-9-17)27-22(19)28(4-2)24(29)32/h5-14H,3-4,15H2,1-2H3,(H,26,30). The van der Waals surface area contributed by atoms with Crippen molar-refractivity contribution >= 4 is 22.6 Å². The third-order valence-corrected chi connectivity index (χ3v) is 5.26. The number of carbonyl (C=O) groups is 1. The Morgan fingerprint density at radius 2 is 1.69 bits per heavy atom. The van der Waals surface area contributed by atoms with Gasteiger partial charge in [0, 0.05) is 24.0 Å². The van der Waals surface area contributed by atoms with Crippen LogP contribution in [-0.4, -0.2) is 25.0 Å². The Kier molecular flexibility index (Phi) is 5.93. The summed E-state index contributed by atoms with van der Waals surface area (Å²) in [7, 11) is 0. The molecule has 0 saturated carbocycles. The number of anilines is 1. The van der Waals surface area contributed by atoms with Gasteiger partial charge in [0.1, 0.15) is 11.9 Å². The van der Waals surface area contributed by atoms with Crippen LogP contribution in [0.15, 0.2) is 70.4 Å². The van der Waals surface area contributed by atoms with Crippen LogP contribution in [0.5, 0.6) is 0 Å². The Morgan fingerprint density at radius 3 is 2.34 bits per heavy atom. The van der Waals surface area contributed by atoms with E-state index in [1.807, 2.05) is 49.4 Å². The second kappa shape index (κ2) is 8.97. The van der Waals surface area contributed by atoms with Gasteiger partial charge in [-0.05, 0) is 31.0 Å². The van der Waals surface area contributed by atoms with Gasteiger partial charge in [-0.1, -0.05) is 49.4 Å². The summed E-state index contributed by atoms with van der Waals surface area (Å²) >= 11 is 0. The summed E-state index contributed by atoms with van der Waals surface area (Å²) in [6.07, 6.45) is 2.31. The molecule has 8 nitrogen and oxygen atoms in total. The smallest absolute Gasteiger partial charge is 0.325 e. The highest BCUT2D eigenvalue weighted by Crippen LogP contribution is 2.16. The van der Waals surface area contributed by atoms with Crippen LogP contribution in [0.25, 0.3) is 22.4 Å². The van der Waals surface area contributed by atoms with Crippen molar-refractivity contribution in [1.29, 1.82) is 0 Å². The predicted molar refractivity (Wildman–Crippen MR) is 124 cm³/mol. The lowest BCUT2D eigenvalue weighted by Gasteiger charge is -2.13. The lowest BCUT2D eigenvalue weighted by atomic mass is 10.1. The van der Waals surface area contributed by atoms with Crippen molar-refractivity contribution in [3.8, 4) is 11.4 Å². The minimum absolute atomic E-state index is 0.186. The zero-order chi connectivity index (χ0) is 22.7. The Balaban J connectivity index is 1.71. The lowest BCUT2D eigenvalue weighted by molar-refractivity contribution is -0.116. The van der Waals surface area contributed by atoms with E-state index in [0.29, 0.717) is 18.1 Å². The van der Waals surface area contributed by atoms with Crippen LogP contribution in [0.4, 0.5) is 5.69 Å². The molecule has 0 radical (unpaired) electrons. The van der Waals surface area contributed by atoms with E-state index in [1.165, 1.54) is 10.8 Å². The Bertz CT molecular complexity index is 1390. The van der Waals surface area contributed by atoms with Crippen LogP contribution < -0.4 is 16.6 Å². The maximum absolute atomic E-state index is 13.0. The fourth-order valence-corrected chi connectivity index (χ4v) is 3.52. The zero-order valence-electron chi connectivity index (χ0n) is 17.9. The molecule has 0 unspecified atom stereocenters. The normalized spacial score (nSPS) is 10.9. The van der Waals surface area contributed by atoms with Crippen LogP contribution in [0, 0.1) is 0 Å². The maximum atomic E-state index is 13.0. The number of amides is 1. The highest BCUT2D eigenvalue weighted by molar-refractivity contribution is 5.90. The van der Waals surface area contributed by atoms with Crippen LogP contribution in [0.2, 0.25) is 0 Å². The zero-order valence-corrected chi connectivity index (χ0v) is 17.9. The van der Waals surface area contributed by atoms with Gasteiger partial charge in [0.25, 0.3) is 5.56 Å². The van der Waals surface area contributed by atoms with E-state index in [1.54, 1.807) is 19.1 Å². The van der Waals surface area contributed by atoms with Crippen LogP contribution in [0.3, 0.4) is 0 Å². The molecule has 0 spiro atoms. The highest BCUT2D eigenvalue weighted by atomic mass is 16.2. The van der Waals surface area contributed by atoms with E-state index in [0.717, 1.165) is 22.1 Å². The minimum atomic E-state index is -0.592. The molecule has 32 heavy (non-hydrogen) atoms. The molecule has 0 fully saturated rings. The number of benzene rings is 2. The van der Waals surface area contributed by atoms with Gasteiger partial charge >= 0.3 is 5.69 Å². The fourth-order valence-electron chi connectivity index (χ4n) is 3.52. The first-order valence-electron chi connectivity index (χ1n) is 10.5. The number of hydrogen-bond acceptors (Lipinski definition) is 5. The number of aromatic nitrogens is 4. The number of hydrogen-bond donors (Lipinski definition) is 1. The molecule has 0 atom stereocenters. The van der Waals surface area contributed by atoms with Crippen LogP contribution in [0.1, 0.15) is 19.4 Å². The van der Waals surface area contributed by atoms with Crippen molar-refractivity contribution in [2.24, 2.45) is 0 Å². The summed E-state index contributed by atoms with van der Waals surface area (Å²) in [6, 6.07) is 16.8. The van der Waals surface area contributed by atoms with E-state index >= 15 is 0 Å². The second-order valence-corrected chi connectivity index (χ2v) is 7.31. The van der Waals surface area contributed by atoms with E-state index in [2.05, 4.69) is 15.3 Å². The maximum Gasteiger partial charge on any atom is 0.333 e. The van der Waals surface area contributed by atoms with Crippen molar-refractivity contribution in [1.82, 2.24) is 19.1 Å². The molecule has 162 valence electrons. The van der Waals surface area contributed by atoms with Crippen molar-refractivity contribution in [3.05, 3.63) is 87.2 Å². The van der Waals surface area contributed by atoms with Crippen molar-refractivity contribution in [3.63, 3.8) is 0 Å².